The van der Waals surface area contributed by atoms with Gasteiger partial charge in [-0.3, -0.25) is 4.79 Å². The Bertz CT molecular complexity index is 718. The van der Waals surface area contributed by atoms with E-state index in [9.17, 15) is 9.59 Å². The van der Waals surface area contributed by atoms with E-state index in [0.29, 0.717) is 17.9 Å². The average Bonchev–Trinajstić information content (AvgIpc) is 2.65. The van der Waals surface area contributed by atoms with Crippen LogP contribution in [0.1, 0.15) is 58.4 Å². The molecule has 29 heavy (non-hydrogen) atoms. The first kappa shape index (κ1) is 21.5. The van der Waals surface area contributed by atoms with Gasteiger partial charge in [0.15, 0.2) is 0 Å². The molecule has 0 N–H and O–H groups in total. The number of nitrogens with zero attached hydrogens (tertiary/aromatic N) is 1. The van der Waals surface area contributed by atoms with E-state index in [0.717, 1.165) is 37.7 Å². The van der Waals surface area contributed by atoms with E-state index in [-0.39, 0.29) is 29.9 Å². The molecule has 1 aromatic rings. The normalized spacial score (nSPS) is 24.0. The molecule has 2 atom stereocenters. The predicted octanol–water partition coefficient (Wildman–Crippen LogP) is 4.38. The van der Waals surface area contributed by atoms with Crippen LogP contribution >= 0.6 is 0 Å². The van der Waals surface area contributed by atoms with Crippen molar-refractivity contribution in [2.75, 3.05) is 14.2 Å². The van der Waals surface area contributed by atoms with Crippen molar-refractivity contribution in [3.05, 3.63) is 23.8 Å². The molecule has 0 spiro atoms. The summed E-state index contributed by atoms with van der Waals surface area (Å²) in [7, 11) is 3.21. The first-order valence-corrected chi connectivity index (χ1v) is 10.5. The molecule has 160 valence electrons. The average molecular weight is 404 g/mol. The van der Waals surface area contributed by atoms with Crippen LogP contribution in [0.5, 0.6) is 11.5 Å². The van der Waals surface area contributed by atoms with Gasteiger partial charge < -0.3 is 19.1 Å². The number of methoxy groups -OCH3 is 2. The van der Waals surface area contributed by atoms with Crippen molar-refractivity contribution in [2.45, 2.75) is 77.0 Å². The van der Waals surface area contributed by atoms with Crippen LogP contribution in [0.15, 0.2) is 18.2 Å². The van der Waals surface area contributed by atoms with E-state index in [2.05, 4.69) is 0 Å². The standard InChI is InChI=1S/C23H33NO5/c1-23(2,3)29-22(26)24-17-7-6-8-18(24)13-16(12-17)21(25)11-15-9-19(27-4)14-20(10-15)28-5/h9-10,14,16-18H,6-8,11-13H2,1-5H3. The number of amides is 1. The van der Waals surface area contributed by atoms with Crippen molar-refractivity contribution >= 4 is 11.9 Å². The first-order valence-electron chi connectivity index (χ1n) is 10.5. The maximum absolute atomic E-state index is 13.1. The lowest BCUT2D eigenvalue weighted by Crippen LogP contribution is -2.56. The summed E-state index contributed by atoms with van der Waals surface area (Å²) >= 11 is 0. The summed E-state index contributed by atoms with van der Waals surface area (Å²) in [6.45, 7) is 5.66. The molecule has 2 aliphatic heterocycles. The molecule has 3 rings (SSSR count). The summed E-state index contributed by atoms with van der Waals surface area (Å²) < 4.78 is 16.3. The maximum atomic E-state index is 13.1. The van der Waals surface area contributed by atoms with Gasteiger partial charge in [-0.1, -0.05) is 0 Å². The molecule has 2 saturated heterocycles. The molecule has 2 bridgehead atoms. The third-order valence-electron chi connectivity index (χ3n) is 5.82. The molecule has 6 heteroatoms. The van der Waals surface area contributed by atoms with Gasteiger partial charge in [0.2, 0.25) is 0 Å². The van der Waals surface area contributed by atoms with Gasteiger partial charge >= 0.3 is 6.09 Å². The Hall–Kier alpha value is -2.24. The van der Waals surface area contributed by atoms with E-state index in [1.165, 1.54) is 0 Å². The maximum Gasteiger partial charge on any atom is 0.410 e. The highest BCUT2D eigenvalue weighted by Gasteiger charge is 2.44. The molecule has 0 saturated carbocycles. The number of hydrogen-bond donors (Lipinski definition) is 0. The summed E-state index contributed by atoms with van der Waals surface area (Å²) in [4.78, 5) is 27.7. The largest absolute Gasteiger partial charge is 0.497 e. The number of carbonyl (C=O) groups is 2. The highest BCUT2D eigenvalue weighted by Crippen LogP contribution is 2.39. The number of rotatable bonds is 5. The van der Waals surface area contributed by atoms with Crippen LogP contribution < -0.4 is 9.47 Å². The third kappa shape index (κ3) is 5.22. The number of fused-ring (bicyclic) bond motifs is 2. The van der Waals surface area contributed by atoms with Crippen molar-refractivity contribution in [1.29, 1.82) is 0 Å². The van der Waals surface area contributed by atoms with Gasteiger partial charge in [-0.25, -0.2) is 4.79 Å². The number of hydrogen-bond acceptors (Lipinski definition) is 5. The molecule has 6 nitrogen and oxygen atoms in total. The molecule has 0 radical (unpaired) electrons. The molecule has 0 aromatic heterocycles. The molecule has 2 unspecified atom stereocenters. The zero-order valence-electron chi connectivity index (χ0n) is 18.2. The van der Waals surface area contributed by atoms with E-state index >= 15 is 0 Å². The topological polar surface area (TPSA) is 65.1 Å². The number of ketones is 1. The fourth-order valence-electron chi connectivity index (χ4n) is 4.57. The van der Waals surface area contributed by atoms with E-state index in [1.807, 2.05) is 37.8 Å². The highest BCUT2D eigenvalue weighted by molar-refractivity contribution is 5.84. The highest BCUT2D eigenvalue weighted by atomic mass is 16.6. The van der Waals surface area contributed by atoms with Gasteiger partial charge in [0.05, 0.1) is 14.2 Å². The fraction of sp³-hybridized carbons (Fsp3) is 0.652. The van der Waals surface area contributed by atoms with E-state index < -0.39 is 5.60 Å². The van der Waals surface area contributed by atoms with Crippen LogP contribution in [0.3, 0.4) is 0 Å². The van der Waals surface area contributed by atoms with Crippen molar-refractivity contribution in [3.8, 4) is 11.5 Å². The molecule has 0 aliphatic carbocycles. The molecule has 1 amide bonds. The van der Waals surface area contributed by atoms with Crippen molar-refractivity contribution in [2.24, 2.45) is 5.92 Å². The van der Waals surface area contributed by atoms with E-state index in [1.54, 1.807) is 20.3 Å². The van der Waals surface area contributed by atoms with Crippen molar-refractivity contribution < 1.29 is 23.8 Å². The molecular formula is C23H33NO5. The molecule has 1 aromatic carbocycles. The minimum Gasteiger partial charge on any atom is -0.497 e. The lowest BCUT2D eigenvalue weighted by Gasteiger charge is -2.48. The van der Waals surface area contributed by atoms with Crippen LogP contribution in [-0.2, 0) is 16.0 Å². The lowest BCUT2D eigenvalue weighted by atomic mass is 9.76. The van der Waals surface area contributed by atoms with Crippen molar-refractivity contribution in [1.82, 2.24) is 4.90 Å². The van der Waals surface area contributed by atoms with Gasteiger partial charge in [-0.2, -0.15) is 0 Å². The Balaban J connectivity index is 1.69. The minimum absolute atomic E-state index is 0.0267. The molecular weight excluding hydrogens is 370 g/mol. The summed E-state index contributed by atoms with van der Waals surface area (Å²) in [5.41, 5.74) is 0.384. The van der Waals surface area contributed by atoms with Crippen LogP contribution in [-0.4, -0.2) is 48.7 Å². The minimum atomic E-state index is -0.510. The van der Waals surface area contributed by atoms with Crippen LogP contribution in [0, 0.1) is 5.92 Å². The Morgan fingerprint density at radius 2 is 1.55 bits per heavy atom. The first-order chi connectivity index (χ1) is 13.7. The van der Waals surface area contributed by atoms with Gasteiger partial charge in [0.1, 0.15) is 22.9 Å². The molecule has 2 aliphatic rings. The van der Waals surface area contributed by atoms with Gasteiger partial charge in [-0.05, 0) is 70.6 Å². The summed E-state index contributed by atoms with van der Waals surface area (Å²) in [6, 6.07) is 5.75. The Labute approximate surface area is 173 Å². The van der Waals surface area contributed by atoms with E-state index in [4.69, 9.17) is 14.2 Å². The predicted molar refractivity (Wildman–Crippen MR) is 110 cm³/mol. The SMILES string of the molecule is COc1cc(CC(=O)C2CC3CCCC(C2)N3C(=O)OC(C)(C)C)cc(OC)c1. The molecule has 2 heterocycles. The third-order valence-corrected chi connectivity index (χ3v) is 5.82. The smallest absolute Gasteiger partial charge is 0.410 e. The number of Topliss-reactive ketones (excluding diaryl/α,β-unsaturated/α-hetero) is 1. The second-order valence-corrected chi connectivity index (χ2v) is 9.16. The number of benzene rings is 1. The Kier molecular flexibility index (Phi) is 6.39. The second kappa shape index (κ2) is 8.64. The van der Waals surface area contributed by atoms with Gasteiger partial charge in [0, 0.05) is 30.5 Å². The lowest BCUT2D eigenvalue weighted by molar-refractivity contribution is -0.126. The quantitative estimate of drug-likeness (QED) is 0.730. The summed E-state index contributed by atoms with van der Waals surface area (Å²) in [6.07, 6.45) is 4.52. The number of piperidine rings is 2. The van der Waals surface area contributed by atoms with Crippen molar-refractivity contribution in [3.63, 3.8) is 0 Å². The summed E-state index contributed by atoms with van der Waals surface area (Å²) in [5.74, 6) is 1.56. The fourth-order valence-corrected chi connectivity index (χ4v) is 4.57. The van der Waals surface area contributed by atoms with Gasteiger partial charge in [0.25, 0.3) is 0 Å². The number of carbonyl (C=O) groups excluding carboxylic acids is 2. The number of ether oxygens (including phenoxy) is 3. The Morgan fingerprint density at radius 1 is 1.00 bits per heavy atom. The zero-order chi connectivity index (χ0) is 21.2. The van der Waals surface area contributed by atoms with Crippen LogP contribution in [0.2, 0.25) is 0 Å². The van der Waals surface area contributed by atoms with Crippen LogP contribution in [0.4, 0.5) is 4.79 Å². The second-order valence-electron chi connectivity index (χ2n) is 9.16. The zero-order valence-corrected chi connectivity index (χ0v) is 18.2. The molecule has 2 fully saturated rings. The van der Waals surface area contributed by atoms with Gasteiger partial charge in [-0.15, -0.1) is 0 Å². The Morgan fingerprint density at radius 3 is 2.03 bits per heavy atom. The monoisotopic (exact) mass is 403 g/mol. The summed E-state index contributed by atoms with van der Waals surface area (Å²) in [5, 5.41) is 0. The van der Waals surface area contributed by atoms with Crippen LogP contribution in [0.25, 0.3) is 0 Å².